The van der Waals surface area contributed by atoms with Gasteiger partial charge in [0.25, 0.3) is 0 Å². The van der Waals surface area contributed by atoms with Gasteiger partial charge in [-0.25, -0.2) is 0 Å². The van der Waals surface area contributed by atoms with Crippen LogP contribution in [-0.4, -0.2) is 25.8 Å². The summed E-state index contributed by atoms with van der Waals surface area (Å²) in [5.41, 5.74) is 0. The van der Waals surface area contributed by atoms with Crippen molar-refractivity contribution >= 4 is 5.97 Å². The monoisotopic (exact) mass is 248 g/mol. The van der Waals surface area contributed by atoms with Crippen LogP contribution in [0.5, 0.6) is 11.5 Å². The third-order valence-corrected chi connectivity index (χ3v) is 2.17. The highest BCUT2D eigenvalue weighted by atomic mass is 16.6. The molecule has 4 nitrogen and oxygen atoms in total. The third kappa shape index (κ3) is 4.79. The Kier molecular flexibility index (Phi) is 5.59. The average Bonchev–Trinajstić information content (AvgIpc) is 2.36. The van der Waals surface area contributed by atoms with Crippen LogP contribution in [0.4, 0.5) is 0 Å². The first-order valence-electron chi connectivity index (χ1n) is 5.53. The molecule has 0 radical (unpaired) electrons. The van der Waals surface area contributed by atoms with Gasteiger partial charge in [0.1, 0.15) is 24.2 Å². The number of hydrogen-bond acceptors (Lipinski definition) is 4. The molecule has 4 heteroatoms. The summed E-state index contributed by atoms with van der Waals surface area (Å²) in [5.74, 6) is 3.51. The molecule has 0 N–H and O–H groups in total. The molecular weight excluding hydrogens is 232 g/mol. The van der Waals surface area contributed by atoms with E-state index in [0.29, 0.717) is 12.2 Å². The van der Waals surface area contributed by atoms with Gasteiger partial charge in [0, 0.05) is 13.3 Å². The minimum absolute atomic E-state index is 0.232. The Morgan fingerprint density at radius 2 is 1.94 bits per heavy atom. The van der Waals surface area contributed by atoms with Crippen LogP contribution in [0.3, 0.4) is 0 Å². The number of carbonyl (C=O) groups excluding carboxylic acids is 1. The third-order valence-electron chi connectivity index (χ3n) is 2.17. The van der Waals surface area contributed by atoms with E-state index in [1.807, 2.05) is 0 Å². The second kappa shape index (κ2) is 7.23. The number of rotatable bonds is 6. The van der Waals surface area contributed by atoms with Gasteiger partial charge in [0.15, 0.2) is 0 Å². The van der Waals surface area contributed by atoms with Crippen molar-refractivity contribution in [2.24, 2.45) is 0 Å². The van der Waals surface area contributed by atoms with Gasteiger partial charge in [-0.1, -0.05) is 0 Å². The molecule has 0 aliphatic heterocycles. The van der Waals surface area contributed by atoms with Crippen LogP contribution in [-0.2, 0) is 9.53 Å². The SMILES string of the molecule is C#CCC(COc1ccc(OC)cc1)OC(C)=O. The molecule has 1 aromatic carbocycles. The molecule has 0 aliphatic rings. The molecule has 1 unspecified atom stereocenters. The number of methoxy groups -OCH3 is 1. The quantitative estimate of drug-likeness (QED) is 0.571. The predicted octanol–water partition coefficient (Wildman–Crippen LogP) is 2.03. The molecule has 1 rings (SSSR count). The highest BCUT2D eigenvalue weighted by Crippen LogP contribution is 2.17. The van der Waals surface area contributed by atoms with Gasteiger partial charge in [-0.3, -0.25) is 4.79 Å². The molecule has 0 amide bonds. The summed E-state index contributed by atoms with van der Waals surface area (Å²) in [6, 6.07) is 7.13. The predicted molar refractivity (Wildman–Crippen MR) is 67.5 cm³/mol. The maximum atomic E-state index is 10.9. The normalized spacial score (nSPS) is 11.2. The highest BCUT2D eigenvalue weighted by Gasteiger charge is 2.11. The summed E-state index contributed by atoms with van der Waals surface area (Å²) >= 11 is 0. The lowest BCUT2D eigenvalue weighted by molar-refractivity contribution is -0.147. The van der Waals surface area contributed by atoms with E-state index in [9.17, 15) is 4.79 Å². The van der Waals surface area contributed by atoms with Crippen LogP contribution in [0.15, 0.2) is 24.3 Å². The minimum Gasteiger partial charge on any atom is -0.497 e. The van der Waals surface area contributed by atoms with E-state index >= 15 is 0 Å². The Balaban J connectivity index is 2.50. The lowest BCUT2D eigenvalue weighted by Crippen LogP contribution is -2.23. The van der Waals surface area contributed by atoms with Crippen LogP contribution >= 0.6 is 0 Å². The fourth-order valence-corrected chi connectivity index (χ4v) is 1.36. The van der Waals surface area contributed by atoms with E-state index in [4.69, 9.17) is 20.6 Å². The topological polar surface area (TPSA) is 44.8 Å². The fraction of sp³-hybridized carbons (Fsp3) is 0.357. The van der Waals surface area contributed by atoms with Crippen LogP contribution in [0.2, 0.25) is 0 Å². The fourth-order valence-electron chi connectivity index (χ4n) is 1.36. The zero-order valence-electron chi connectivity index (χ0n) is 10.5. The van der Waals surface area contributed by atoms with Crippen LogP contribution in [0.1, 0.15) is 13.3 Å². The number of hydrogen-bond donors (Lipinski definition) is 0. The molecule has 18 heavy (non-hydrogen) atoms. The first-order valence-corrected chi connectivity index (χ1v) is 5.53. The van der Waals surface area contributed by atoms with Gasteiger partial charge in [0.05, 0.1) is 7.11 Å². The Labute approximate surface area is 107 Å². The minimum atomic E-state index is -0.422. The molecule has 1 aromatic rings. The standard InChI is InChI=1S/C14H16O4/c1-4-5-14(18-11(2)15)10-17-13-8-6-12(16-3)7-9-13/h1,6-9,14H,5,10H2,2-3H3. The van der Waals surface area contributed by atoms with Crippen molar-refractivity contribution in [3.05, 3.63) is 24.3 Å². The first-order chi connectivity index (χ1) is 8.65. The van der Waals surface area contributed by atoms with E-state index in [0.717, 1.165) is 5.75 Å². The highest BCUT2D eigenvalue weighted by molar-refractivity contribution is 5.66. The van der Waals surface area contributed by atoms with E-state index in [2.05, 4.69) is 5.92 Å². The Bertz CT molecular complexity index is 416. The van der Waals surface area contributed by atoms with Gasteiger partial charge in [-0.15, -0.1) is 12.3 Å². The molecular formula is C14H16O4. The summed E-state index contributed by atoms with van der Waals surface area (Å²) in [4.78, 5) is 10.9. The number of esters is 1. The van der Waals surface area contributed by atoms with Gasteiger partial charge < -0.3 is 14.2 Å². The Morgan fingerprint density at radius 1 is 1.33 bits per heavy atom. The molecule has 0 saturated heterocycles. The summed E-state index contributed by atoms with van der Waals surface area (Å²) in [6.45, 7) is 1.58. The van der Waals surface area contributed by atoms with Gasteiger partial charge in [-0.2, -0.15) is 0 Å². The van der Waals surface area contributed by atoms with Crippen molar-refractivity contribution in [1.82, 2.24) is 0 Å². The zero-order chi connectivity index (χ0) is 13.4. The smallest absolute Gasteiger partial charge is 0.303 e. The lowest BCUT2D eigenvalue weighted by Gasteiger charge is -2.15. The van der Waals surface area contributed by atoms with Crippen LogP contribution in [0.25, 0.3) is 0 Å². The number of carbonyl (C=O) groups is 1. The van der Waals surface area contributed by atoms with E-state index in [1.54, 1.807) is 31.4 Å². The van der Waals surface area contributed by atoms with Crippen LogP contribution in [0, 0.1) is 12.3 Å². The van der Waals surface area contributed by atoms with Crippen molar-refractivity contribution in [2.45, 2.75) is 19.4 Å². The van der Waals surface area contributed by atoms with Gasteiger partial charge in [0.2, 0.25) is 0 Å². The van der Waals surface area contributed by atoms with E-state index in [-0.39, 0.29) is 12.6 Å². The first kappa shape index (κ1) is 13.9. The van der Waals surface area contributed by atoms with Crippen molar-refractivity contribution < 1.29 is 19.0 Å². The summed E-state index contributed by atoms with van der Waals surface area (Å²) < 4.78 is 15.6. The number of terminal acetylenes is 1. The largest absolute Gasteiger partial charge is 0.497 e. The molecule has 0 fully saturated rings. The van der Waals surface area contributed by atoms with Crippen molar-refractivity contribution in [3.63, 3.8) is 0 Å². The molecule has 0 heterocycles. The van der Waals surface area contributed by atoms with E-state index in [1.165, 1.54) is 6.92 Å². The van der Waals surface area contributed by atoms with E-state index < -0.39 is 6.10 Å². The maximum absolute atomic E-state index is 10.9. The van der Waals surface area contributed by atoms with Crippen molar-refractivity contribution in [1.29, 1.82) is 0 Å². The van der Waals surface area contributed by atoms with Crippen LogP contribution < -0.4 is 9.47 Å². The Hall–Kier alpha value is -2.15. The summed E-state index contributed by atoms with van der Waals surface area (Å²) in [5, 5.41) is 0. The molecule has 0 aliphatic carbocycles. The zero-order valence-corrected chi connectivity index (χ0v) is 10.5. The van der Waals surface area contributed by atoms with Gasteiger partial charge in [-0.05, 0) is 24.3 Å². The molecule has 0 bridgehead atoms. The molecule has 1 atom stereocenters. The average molecular weight is 248 g/mol. The second-order valence-electron chi connectivity index (χ2n) is 3.63. The number of ether oxygens (including phenoxy) is 3. The lowest BCUT2D eigenvalue weighted by atomic mass is 10.2. The molecule has 0 saturated carbocycles. The second-order valence-corrected chi connectivity index (χ2v) is 3.63. The van der Waals surface area contributed by atoms with Gasteiger partial charge >= 0.3 is 5.97 Å². The Morgan fingerprint density at radius 3 is 2.44 bits per heavy atom. The van der Waals surface area contributed by atoms with Crippen molar-refractivity contribution in [3.8, 4) is 23.8 Å². The maximum Gasteiger partial charge on any atom is 0.303 e. The molecule has 0 spiro atoms. The summed E-state index contributed by atoms with van der Waals surface area (Å²) in [7, 11) is 1.60. The van der Waals surface area contributed by atoms with Crippen molar-refractivity contribution in [2.75, 3.05) is 13.7 Å². The molecule has 0 aromatic heterocycles. The molecule has 96 valence electrons. The summed E-state index contributed by atoms with van der Waals surface area (Å²) in [6.07, 6.45) is 5.11. The number of benzene rings is 1.